The van der Waals surface area contributed by atoms with Crippen LogP contribution < -0.4 is 0 Å². The second-order valence-corrected chi connectivity index (χ2v) is 3.72. The molecule has 20 heavy (non-hydrogen) atoms. The van der Waals surface area contributed by atoms with E-state index >= 15 is 0 Å². The number of para-hydroxylation sites is 1. The molecular formula is C15H21Cl2NO2. The molecule has 1 aromatic heterocycles. The van der Waals surface area contributed by atoms with Crippen LogP contribution in [0.15, 0.2) is 36.5 Å². The zero-order valence-electron chi connectivity index (χ0n) is 12.5. The van der Waals surface area contributed by atoms with Gasteiger partial charge in [-0.3, -0.25) is 9.59 Å². The van der Waals surface area contributed by atoms with E-state index in [1.165, 1.54) is 10.9 Å². The molecule has 5 heteroatoms. The Hall–Kier alpha value is -1.32. The molecule has 0 radical (unpaired) electrons. The van der Waals surface area contributed by atoms with Crippen LogP contribution in [0.25, 0.3) is 10.9 Å². The largest absolute Gasteiger partial charge is 0.351 e. The molecule has 1 heterocycles. The highest BCUT2D eigenvalue weighted by Gasteiger charge is 2.01. The molecule has 0 fully saturated rings. The van der Waals surface area contributed by atoms with Gasteiger partial charge in [0, 0.05) is 18.8 Å². The molecule has 0 spiro atoms. The third kappa shape index (κ3) is 7.97. The second kappa shape index (κ2) is 12.7. The molecule has 1 aromatic carbocycles. The number of aryl methyl sites for hydroxylation is 1. The van der Waals surface area contributed by atoms with E-state index in [9.17, 15) is 9.59 Å². The van der Waals surface area contributed by atoms with Crippen LogP contribution in [0, 0.1) is 0 Å². The van der Waals surface area contributed by atoms with E-state index in [1.54, 1.807) is 0 Å². The van der Waals surface area contributed by atoms with Gasteiger partial charge in [-0.25, -0.2) is 0 Å². The zero-order chi connectivity index (χ0) is 16.1. The van der Waals surface area contributed by atoms with Gasteiger partial charge in [0.1, 0.15) is 0 Å². The van der Waals surface area contributed by atoms with Gasteiger partial charge >= 0.3 is 10.5 Å². The van der Waals surface area contributed by atoms with Crippen LogP contribution in [0.3, 0.4) is 0 Å². The van der Waals surface area contributed by atoms with Crippen molar-refractivity contribution in [3.8, 4) is 0 Å². The number of hydrogen-bond donors (Lipinski definition) is 0. The summed E-state index contributed by atoms with van der Waals surface area (Å²) in [4.78, 5) is 18.9. The predicted molar refractivity (Wildman–Crippen MR) is 87.3 cm³/mol. The summed E-state index contributed by atoms with van der Waals surface area (Å²) >= 11 is 8.98. The van der Waals surface area contributed by atoms with Crippen LogP contribution in [0.1, 0.15) is 27.7 Å². The van der Waals surface area contributed by atoms with Gasteiger partial charge in [0.2, 0.25) is 0 Å². The van der Waals surface area contributed by atoms with Crippen molar-refractivity contribution in [2.24, 2.45) is 7.05 Å². The van der Waals surface area contributed by atoms with Gasteiger partial charge in [-0.2, -0.15) is 0 Å². The molecule has 0 saturated carbocycles. The number of fused-ring (bicyclic) bond motifs is 1. The zero-order valence-corrected chi connectivity index (χ0v) is 14.0. The first-order valence-electron chi connectivity index (χ1n) is 6.41. The Balaban J connectivity index is 0. The van der Waals surface area contributed by atoms with E-state index in [0.29, 0.717) is 0 Å². The maximum atomic E-state index is 9.43. The van der Waals surface area contributed by atoms with Crippen LogP contribution >= 0.6 is 23.2 Å². The van der Waals surface area contributed by atoms with E-state index in [-0.39, 0.29) is 0 Å². The molecule has 112 valence electrons. The summed E-state index contributed by atoms with van der Waals surface area (Å²) < 4.78 is 2.12. The molecule has 0 atom stereocenters. The van der Waals surface area contributed by atoms with Crippen LogP contribution in [-0.4, -0.2) is 15.1 Å². The highest BCUT2D eigenvalue weighted by atomic mass is 35.5. The summed E-state index contributed by atoms with van der Waals surface area (Å²) in [5.74, 6) is 0. The Morgan fingerprint density at radius 1 is 0.900 bits per heavy atom. The lowest BCUT2D eigenvalue weighted by Crippen LogP contribution is -1.94. The maximum Gasteiger partial charge on any atom is 0.304 e. The van der Waals surface area contributed by atoms with E-state index in [1.807, 2.05) is 27.7 Å². The molecule has 0 aliphatic heterocycles. The fourth-order valence-corrected chi connectivity index (χ4v) is 1.22. The van der Waals surface area contributed by atoms with Gasteiger partial charge in [0.15, 0.2) is 0 Å². The molecule has 0 aliphatic rings. The number of hydrogen-bond acceptors (Lipinski definition) is 2. The van der Waals surface area contributed by atoms with E-state index in [2.05, 4.69) is 71.3 Å². The van der Waals surface area contributed by atoms with E-state index in [0.717, 1.165) is 0 Å². The minimum Gasteiger partial charge on any atom is -0.351 e. The fourth-order valence-electron chi connectivity index (χ4n) is 1.22. The van der Waals surface area contributed by atoms with Crippen molar-refractivity contribution in [3.63, 3.8) is 0 Å². The Morgan fingerprint density at radius 2 is 1.35 bits per heavy atom. The average molecular weight is 318 g/mol. The van der Waals surface area contributed by atoms with Crippen molar-refractivity contribution in [1.29, 1.82) is 0 Å². The minimum absolute atomic E-state index is 1.14. The van der Waals surface area contributed by atoms with Gasteiger partial charge in [-0.1, -0.05) is 45.9 Å². The lowest BCUT2D eigenvalue weighted by atomic mass is 10.2. The number of halogens is 2. The van der Waals surface area contributed by atoms with E-state index in [4.69, 9.17) is 0 Å². The van der Waals surface area contributed by atoms with Gasteiger partial charge in [0.25, 0.3) is 0 Å². The molecule has 2 aromatic rings. The smallest absolute Gasteiger partial charge is 0.304 e. The van der Waals surface area contributed by atoms with Crippen LogP contribution in [0.5, 0.6) is 0 Å². The second-order valence-electron chi connectivity index (χ2n) is 3.03. The average Bonchev–Trinajstić information content (AvgIpc) is 2.86. The summed E-state index contributed by atoms with van der Waals surface area (Å²) in [5.41, 5.74) is 1.29. The number of nitrogens with zero attached hydrogens (tertiary/aromatic N) is 1. The highest BCUT2D eigenvalue weighted by Crippen LogP contribution is 2.12. The van der Waals surface area contributed by atoms with Gasteiger partial charge in [0.05, 0.1) is 0 Å². The number of aromatic nitrogens is 1. The van der Waals surface area contributed by atoms with Crippen molar-refractivity contribution in [2.75, 3.05) is 0 Å². The van der Waals surface area contributed by atoms with Gasteiger partial charge in [-0.05, 0) is 40.7 Å². The summed E-state index contributed by atoms with van der Waals surface area (Å²) in [5, 5.41) is -0.974. The standard InChI is InChI=1S/C9H9N.C2Cl2O2.2C2H6/c1-10-7-6-8-4-2-3-5-9(8)10;3-1(5)2(4)6;2*1-2/h2-7H,1H3;;2*1-2H3. The molecule has 0 aliphatic carbocycles. The first kappa shape index (κ1) is 21.0. The minimum atomic E-state index is -1.14. The molecule has 0 saturated heterocycles. The number of rotatable bonds is 1. The molecule has 0 amide bonds. The summed E-state index contributed by atoms with van der Waals surface area (Å²) in [7, 11) is 2.06. The van der Waals surface area contributed by atoms with Crippen molar-refractivity contribution >= 4 is 44.6 Å². The highest BCUT2D eigenvalue weighted by molar-refractivity contribution is 6.97. The van der Waals surface area contributed by atoms with Crippen molar-refractivity contribution in [1.82, 2.24) is 4.57 Å². The van der Waals surface area contributed by atoms with Crippen LogP contribution in [0.2, 0.25) is 0 Å². The summed E-state index contributed by atoms with van der Waals surface area (Å²) in [6.07, 6.45) is 2.07. The van der Waals surface area contributed by atoms with Crippen molar-refractivity contribution < 1.29 is 9.59 Å². The van der Waals surface area contributed by atoms with E-state index < -0.39 is 10.5 Å². The number of carbonyl (C=O) groups excluding carboxylic acids is 2. The Kier molecular flexibility index (Phi) is 13.3. The fraction of sp³-hybridized carbons (Fsp3) is 0.333. The van der Waals surface area contributed by atoms with Gasteiger partial charge < -0.3 is 4.57 Å². The normalized spacial score (nSPS) is 8.15. The molecule has 2 rings (SSSR count). The van der Waals surface area contributed by atoms with Gasteiger partial charge in [-0.15, -0.1) is 0 Å². The Morgan fingerprint density at radius 3 is 1.75 bits per heavy atom. The molecule has 0 bridgehead atoms. The van der Waals surface area contributed by atoms with Crippen molar-refractivity contribution in [2.45, 2.75) is 27.7 Å². The summed E-state index contributed by atoms with van der Waals surface area (Å²) in [6.45, 7) is 8.00. The first-order valence-corrected chi connectivity index (χ1v) is 7.17. The first-order chi connectivity index (χ1) is 9.52. The topological polar surface area (TPSA) is 39.1 Å². The van der Waals surface area contributed by atoms with Crippen LogP contribution in [-0.2, 0) is 16.6 Å². The molecule has 0 N–H and O–H groups in total. The monoisotopic (exact) mass is 317 g/mol. The number of benzene rings is 1. The van der Waals surface area contributed by atoms with Crippen molar-refractivity contribution in [3.05, 3.63) is 36.5 Å². The van der Waals surface area contributed by atoms with Crippen LogP contribution in [0.4, 0.5) is 0 Å². The molecular weight excluding hydrogens is 297 g/mol. The quantitative estimate of drug-likeness (QED) is 0.562. The third-order valence-electron chi connectivity index (χ3n) is 1.95. The lowest BCUT2D eigenvalue weighted by Gasteiger charge is -1.92. The Bertz CT molecular complexity index is 509. The maximum absolute atomic E-state index is 9.43. The third-order valence-corrected chi connectivity index (χ3v) is 2.39. The number of carbonyl (C=O) groups is 2. The molecule has 0 unspecified atom stereocenters. The Labute approximate surface area is 130 Å². The lowest BCUT2D eigenvalue weighted by molar-refractivity contribution is -0.127. The SMILES string of the molecule is CC.CC.Cn1ccc2ccccc21.O=C(Cl)C(=O)Cl. The summed E-state index contributed by atoms with van der Waals surface area (Å²) in [6, 6.07) is 10.5. The molecule has 3 nitrogen and oxygen atoms in total. The predicted octanol–water partition coefficient (Wildman–Crippen LogP) is 4.75.